The first-order valence-electron chi connectivity index (χ1n) is 30.1. The smallest absolute Gasteiger partial charge is 0.246 e. The Morgan fingerprint density at radius 1 is 0.872 bits per heavy atom. The fourth-order valence-electron chi connectivity index (χ4n) is 10.8. The number of halogens is 1. The van der Waals surface area contributed by atoms with E-state index in [9.17, 15) is 43.5 Å². The van der Waals surface area contributed by atoms with Gasteiger partial charge in [-0.25, -0.2) is 0 Å². The number of rotatable bonds is 21. The van der Waals surface area contributed by atoms with Crippen LogP contribution in [-0.4, -0.2) is 165 Å². The van der Waals surface area contributed by atoms with Gasteiger partial charge in [-0.3, -0.25) is 48.1 Å². The van der Waals surface area contributed by atoms with E-state index >= 15 is 4.79 Å². The first-order chi connectivity index (χ1) is 41.0. The summed E-state index contributed by atoms with van der Waals surface area (Å²) in [4.78, 5) is 138. The number of aryl methyl sites for hydroxylation is 1. The summed E-state index contributed by atoms with van der Waals surface area (Å²) in [6, 6.07) is 2.71. The van der Waals surface area contributed by atoms with Crippen LogP contribution in [-0.2, 0) is 65.8 Å². The Balaban J connectivity index is 1.26. The number of aromatic amines is 1. The lowest BCUT2D eigenvalue weighted by Crippen LogP contribution is -2.67. The molecule has 2 fully saturated rings. The molecule has 1 aromatic carbocycles. The molecule has 0 radical (unpaired) electrons. The maximum atomic E-state index is 15.0. The molecule has 86 heavy (non-hydrogen) atoms. The summed E-state index contributed by atoms with van der Waals surface area (Å²) >= 11 is 8.89. The highest BCUT2D eigenvalue weighted by Crippen LogP contribution is 2.27. The first-order valence-corrected chi connectivity index (χ1v) is 32.7. The van der Waals surface area contributed by atoms with E-state index in [1.54, 1.807) is 13.0 Å². The summed E-state index contributed by atoms with van der Waals surface area (Å²) in [5, 5.41) is 32.3. The Morgan fingerprint density at radius 2 is 1.58 bits per heavy atom. The largest absolute Gasteiger partial charge is 0.391 e. The van der Waals surface area contributed by atoms with Crippen molar-refractivity contribution in [3.8, 4) is 0 Å². The minimum atomic E-state index is -1.63. The fraction of sp³-hybridized carbons (Fsp3) is 0.633. The van der Waals surface area contributed by atoms with Crippen molar-refractivity contribution in [2.45, 2.75) is 184 Å². The second-order valence-electron chi connectivity index (χ2n) is 23.7. The number of aliphatic hydroxyl groups excluding tert-OH is 1. The molecule has 0 saturated carbocycles. The average molecular weight is 1250 g/mol. The molecule has 474 valence electrons. The van der Waals surface area contributed by atoms with Crippen molar-refractivity contribution in [2.24, 2.45) is 29.2 Å². The number of nitrogens with one attached hydrogen (secondary N) is 8. The molecule has 2 bridgehead atoms. The molecule has 26 heteroatoms. The zero-order valence-electron chi connectivity index (χ0n) is 50.3. The Kier molecular flexibility index (Phi) is 26.8. The molecule has 2 saturated heterocycles. The Hall–Kier alpha value is -5.99. The Bertz CT molecular complexity index is 2840. The van der Waals surface area contributed by atoms with Gasteiger partial charge in [0.15, 0.2) is 0 Å². The van der Waals surface area contributed by atoms with Crippen molar-refractivity contribution in [3.05, 3.63) is 64.6 Å². The number of thioether (sulfide) groups is 2. The summed E-state index contributed by atoms with van der Waals surface area (Å²) in [7, 11) is 0. The van der Waals surface area contributed by atoms with E-state index in [-0.39, 0.29) is 99.7 Å². The lowest BCUT2D eigenvalue weighted by Gasteiger charge is -2.39. The number of unbranched alkanes of at least 4 members (excludes halogenated alkanes) is 2. The number of carbonyl (C=O) groups excluding carboxylic acids is 9. The number of hydrogen-bond donors (Lipinski definition) is 11. The number of nitrogens with two attached hydrogens (primary N) is 2. The van der Waals surface area contributed by atoms with E-state index < -0.39 is 107 Å². The van der Waals surface area contributed by atoms with Gasteiger partial charge in [0.25, 0.3) is 0 Å². The molecule has 3 aromatic rings. The van der Waals surface area contributed by atoms with Crippen LogP contribution < -0.4 is 48.7 Å². The van der Waals surface area contributed by atoms with Gasteiger partial charge in [0.05, 0.1) is 17.5 Å². The number of likely N-dealkylation sites (tertiary alicyclic amines) is 1. The Morgan fingerprint density at radius 3 is 2.24 bits per heavy atom. The molecule has 5 heterocycles. The number of benzene rings is 1. The maximum absolute atomic E-state index is 15.0. The molecule has 0 aliphatic carbocycles. The van der Waals surface area contributed by atoms with E-state index in [1.165, 1.54) is 28.4 Å². The van der Waals surface area contributed by atoms with Gasteiger partial charge < -0.3 is 68.4 Å². The number of amides is 9. The van der Waals surface area contributed by atoms with Crippen molar-refractivity contribution in [2.75, 3.05) is 37.8 Å². The molecule has 1 spiro atoms. The van der Waals surface area contributed by atoms with Crippen molar-refractivity contribution in [1.29, 1.82) is 0 Å². The van der Waals surface area contributed by atoms with Crippen LogP contribution >= 0.6 is 35.1 Å². The SMILES string of the molecule is CC[C@H](C)[C@@H]1NC(=O)[C@H](CC(C)C)NC(=O)C2(CCOCC2)NC(=O)[C@@H](NC(=O)[C@@H](CC(C)C)NC(=O)[C@H](CCCCCN)NC(=O)[C@@H]2C[C@@H](O)CN2C(=O)CCc2c[nH]c3ccc(Cl)cc23)CSCc2cccc(n2)CSC[C@@H](C(N)=O)NC1=O. The third kappa shape index (κ3) is 20.0. The molecule has 9 amide bonds. The standard InChI is InChI=1S/C60H89ClN12O11S2/c1-7-36(6)51-58(82)68-47(52(63)76)32-85-30-39-12-11-13-40(65-39)31-86-33-48(56(80)72-60(19-22-84-23-20-60)59(83)70-46(25-35(4)5)55(79)71-51)69-54(78)45(24-34(2)3)67-53(77)44(14-9-8-10-21-62)66-57(81)49-27-41(74)29-73(49)50(75)18-15-37-28-64-43-17-16-38(61)26-42(37)43/h11-13,16-17,26,28,34-36,41,44-49,51,64,74H,7-10,14-15,18-25,27,29-33,62H2,1-6H3,(H2,63,76)(H,66,81)(H,67,77)(H,68,82)(H,69,78)(H,70,83)(H,71,79)(H,72,80)/t36-,41+,44-,45+,46-,47-,48-,49-,51-/m0/s1. The van der Waals surface area contributed by atoms with Gasteiger partial charge in [-0.05, 0) is 92.3 Å². The maximum Gasteiger partial charge on any atom is 0.246 e. The van der Waals surface area contributed by atoms with Crippen LogP contribution in [0.5, 0.6) is 0 Å². The Labute approximate surface area is 517 Å². The molecule has 9 atom stereocenters. The number of H-pyrrole nitrogens is 1. The van der Waals surface area contributed by atoms with Crippen LogP contribution in [0.2, 0.25) is 5.02 Å². The topological polar surface area (TPSA) is 351 Å². The molecule has 6 rings (SSSR count). The number of ether oxygens (including phenoxy) is 1. The predicted octanol–water partition coefficient (Wildman–Crippen LogP) is 3.01. The van der Waals surface area contributed by atoms with E-state index in [2.05, 4.69) is 42.2 Å². The number of aromatic nitrogens is 2. The number of primary amides is 1. The number of carbonyl (C=O) groups is 9. The highest BCUT2D eigenvalue weighted by molar-refractivity contribution is 7.98. The van der Waals surface area contributed by atoms with Crippen LogP contribution in [0.25, 0.3) is 10.9 Å². The van der Waals surface area contributed by atoms with Gasteiger partial charge in [-0.1, -0.05) is 78.5 Å². The lowest BCUT2D eigenvalue weighted by molar-refractivity contribution is -0.141. The number of β-amino-alcohol motifs (C(OH)–C–C–N with tert-alkyl or cyclic N) is 1. The van der Waals surface area contributed by atoms with Gasteiger partial charge in [-0.2, -0.15) is 23.5 Å². The second kappa shape index (κ2) is 33.4. The number of pyridine rings is 1. The molecule has 3 aliphatic heterocycles. The zero-order valence-corrected chi connectivity index (χ0v) is 52.7. The molecular formula is C60H89ClN12O11S2. The van der Waals surface area contributed by atoms with Gasteiger partial charge in [-0.15, -0.1) is 0 Å². The van der Waals surface area contributed by atoms with E-state index in [1.807, 2.05) is 71.1 Å². The summed E-state index contributed by atoms with van der Waals surface area (Å²) in [5.74, 6) is -5.77. The number of hydrogen-bond acceptors (Lipinski definition) is 15. The molecule has 13 N–H and O–H groups in total. The summed E-state index contributed by atoms with van der Waals surface area (Å²) < 4.78 is 5.70. The van der Waals surface area contributed by atoms with Crippen LogP contribution in [0.1, 0.15) is 129 Å². The number of nitrogens with zero attached hydrogens (tertiary/aromatic N) is 2. The van der Waals surface area contributed by atoms with Gasteiger partial charge in [0, 0.05) is 90.6 Å². The lowest BCUT2D eigenvalue weighted by atomic mass is 9.87. The van der Waals surface area contributed by atoms with Crippen molar-refractivity contribution in [3.63, 3.8) is 0 Å². The monoisotopic (exact) mass is 1250 g/mol. The van der Waals surface area contributed by atoms with Crippen molar-refractivity contribution < 1.29 is 53.0 Å². The minimum absolute atomic E-state index is 0.00637. The number of aliphatic hydroxyl groups is 1. The van der Waals surface area contributed by atoms with Crippen molar-refractivity contribution >= 4 is 99.2 Å². The third-order valence-electron chi connectivity index (χ3n) is 15.9. The van der Waals surface area contributed by atoms with Gasteiger partial charge in [0.1, 0.15) is 47.8 Å². The van der Waals surface area contributed by atoms with Crippen LogP contribution in [0.15, 0.2) is 42.6 Å². The summed E-state index contributed by atoms with van der Waals surface area (Å²) in [6.07, 6.45) is 3.83. The fourth-order valence-corrected chi connectivity index (χ4v) is 12.9. The minimum Gasteiger partial charge on any atom is -0.391 e. The average Bonchev–Trinajstić information content (AvgIpc) is 2.12. The van der Waals surface area contributed by atoms with E-state index in [0.717, 1.165) is 16.5 Å². The van der Waals surface area contributed by atoms with E-state index in [0.29, 0.717) is 60.8 Å². The second-order valence-corrected chi connectivity index (χ2v) is 26.2. The predicted molar refractivity (Wildman–Crippen MR) is 332 cm³/mol. The van der Waals surface area contributed by atoms with Gasteiger partial charge >= 0.3 is 0 Å². The van der Waals surface area contributed by atoms with Crippen molar-refractivity contribution in [1.82, 2.24) is 52.1 Å². The van der Waals surface area contributed by atoms with E-state index in [4.69, 9.17) is 32.8 Å². The molecule has 3 aliphatic rings. The highest BCUT2D eigenvalue weighted by Gasteiger charge is 2.46. The normalized spacial score (nSPS) is 23.0. The molecule has 0 unspecified atom stereocenters. The van der Waals surface area contributed by atoms with Crippen LogP contribution in [0, 0.1) is 17.8 Å². The summed E-state index contributed by atoms with van der Waals surface area (Å²) in [5.41, 5.74) is 13.0. The third-order valence-corrected chi connectivity index (χ3v) is 18.3. The quantitative estimate of drug-likeness (QED) is 0.0683. The highest BCUT2D eigenvalue weighted by atomic mass is 35.5. The van der Waals surface area contributed by atoms with Gasteiger partial charge in [0.2, 0.25) is 53.2 Å². The van der Waals surface area contributed by atoms with Crippen LogP contribution in [0.3, 0.4) is 0 Å². The van der Waals surface area contributed by atoms with Crippen LogP contribution in [0.4, 0.5) is 0 Å². The first kappa shape index (κ1) is 69.1. The number of fused-ring (bicyclic) bond motifs is 3. The summed E-state index contributed by atoms with van der Waals surface area (Å²) in [6.45, 7) is 11.6. The zero-order chi connectivity index (χ0) is 62.7. The molecule has 2 aromatic heterocycles. The molecular weight excluding hydrogens is 1160 g/mol. The molecule has 23 nitrogen and oxygen atoms in total.